The Morgan fingerprint density at radius 1 is 1.04 bits per heavy atom. The number of Topliss-reactive ketones (excluding diaryl/α,β-unsaturated/α-hetero) is 1. The van der Waals surface area contributed by atoms with Crippen molar-refractivity contribution >= 4 is 27.6 Å². The topological polar surface area (TPSA) is 104 Å². The van der Waals surface area contributed by atoms with Gasteiger partial charge in [0, 0.05) is 6.42 Å². The quantitative estimate of drug-likeness (QED) is 0.555. The molecule has 1 aromatic rings. The van der Waals surface area contributed by atoms with E-state index in [9.17, 15) is 22.8 Å². The predicted molar refractivity (Wildman–Crippen MR) is 98.9 cm³/mol. The molecule has 0 heterocycles. The van der Waals surface area contributed by atoms with Crippen LogP contribution in [0.2, 0.25) is 0 Å². The molecular weight excluding hydrogens is 384 g/mol. The van der Waals surface area contributed by atoms with E-state index in [1.807, 2.05) is 0 Å². The summed E-state index contributed by atoms with van der Waals surface area (Å²) in [5, 5.41) is -1.18. The fraction of sp³-hybridized carbons (Fsp3) is 0.450. The number of rotatable bonds is 4. The van der Waals surface area contributed by atoms with E-state index in [-0.39, 0.29) is 29.9 Å². The van der Waals surface area contributed by atoms with E-state index in [4.69, 9.17) is 9.47 Å². The number of methoxy groups -OCH3 is 2. The minimum Gasteiger partial charge on any atom is -0.468 e. The molecule has 0 aliphatic heterocycles. The lowest BCUT2D eigenvalue weighted by atomic mass is 9.67. The molecule has 0 N–H and O–H groups in total. The van der Waals surface area contributed by atoms with Gasteiger partial charge in [0.2, 0.25) is 0 Å². The Morgan fingerprint density at radius 2 is 1.61 bits per heavy atom. The number of hydrogen-bond donors (Lipinski definition) is 0. The predicted octanol–water partition coefficient (Wildman–Crippen LogP) is 1.86. The van der Waals surface area contributed by atoms with Gasteiger partial charge < -0.3 is 9.47 Å². The normalized spacial score (nSPS) is 23.9. The number of hydrogen-bond acceptors (Lipinski definition) is 7. The maximum Gasteiger partial charge on any atom is 0.323 e. The monoisotopic (exact) mass is 406 g/mol. The summed E-state index contributed by atoms with van der Waals surface area (Å²) in [7, 11) is -1.67. The molecule has 2 aliphatic rings. The van der Waals surface area contributed by atoms with E-state index in [0.29, 0.717) is 11.1 Å². The number of allylic oxidation sites excluding steroid dienone is 1. The Bertz CT molecular complexity index is 944. The lowest BCUT2D eigenvalue weighted by Gasteiger charge is -2.40. The molecule has 0 bridgehead atoms. The lowest BCUT2D eigenvalue weighted by molar-refractivity contribution is -0.172. The van der Waals surface area contributed by atoms with Crippen molar-refractivity contribution in [1.29, 1.82) is 0 Å². The van der Waals surface area contributed by atoms with Crippen LogP contribution in [0.15, 0.2) is 46.4 Å². The van der Waals surface area contributed by atoms with Crippen molar-refractivity contribution in [2.75, 3.05) is 14.2 Å². The van der Waals surface area contributed by atoms with Gasteiger partial charge in [0.1, 0.15) is 0 Å². The SMILES string of the molecule is COC(=O)C1(C(=O)OC)CC(S(=O)(=O)c2ccccc2)C2=C(C)C(=O)C[C@@H]2C1. The van der Waals surface area contributed by atoms with Gasteiger partial charge in [0.05, 0.1) is 24.4 Å². The first-order valence-corrected chi connectivity index (χ1v) is 10.4. The van der Waals surface area contributed by atoms with Crippen molar-refractivity contribution in [3.63, 3.8) is 0 Å². The van der Waals surface area contributed by atoms with Gasteiger partial charge >= 0.3 is 11.9 Å². The van der Waals surface area contributed by atoms with Crippen LogP contribution in [0.4, 0.5) is 0 Å². The van der Waals surface area contributed by atoms with Crippen molar-refractivity contribution in [3.8, 4) is 0 Å². The Labute approximate surface area is 163 Å². The van der Waals surface area contributed by atoms with Crippen LogP contribution < -0.4 is 0 Å². The lowest BCUT2D eigenvalue weighted by Crippen LogP contribution is -2.50. The number of benzene rings is 1. The largest absolute Gasteiger partial charge is 0.468 e. The minimum atomic E-state index is -3.95. The van der Waals surface area contributed by atoms with Crippen LogP contribution >= 0.6 is 0 Å². The van der Waals surface area contributed by atoms with Crippen molar-refractivity contribution in [3.05, 3.63) is 41.5 Å². The zero-order valence-electron chi connectivity index (χ0n) is 15.9. The van der Waals surface area contributed by atoms with Gasteiger partial charge in [-0.15, -0.1) is 0 Å². The van der Waals surface area contributed by atoms with E-state index in [2.05, 4.69) is 0 Å². The van der Waals surface area contributed by atoms with Gasteiger partial charge in [0.15, 0.2) is 21.0 Å². The fourth-order valence-electron chi connectivity index (χ4n) is 4.43. The first-order valence-electron chi connectivity index (χ1n) is 8.88. The maximum absolute atomic E-state index is 13.4. The molecule has 150 valence electrons. The van der Waals surface area contributed by atoms with Crippen molar-refractivity contribution in [2.45, 2.75) is 36.3 Å². The smallest absolute Gasteiger partial charge is 0.323 e. The van der Waals surface area contributed by atoms with Crippen LogP contribution in [-0.2, 0) is 33.7 Å². The fourth-order valence-corrected chi connectivity index (χ4v) is 6.50. The first-order chi connectivity index (χ1) is 13.2. The highest BCUT2D eigenvalue weighted by atomic mass is 32.2. The van der Waals surface area contributed by atoms with Crippen LogP contribution in [0.5, 0.6) is 0 Å². The van der Waals surface area contributed by atoms with Gasteiger partial charge in [-0.2, -0.15) is 0 Å². The summed E-state index contributed by atoms with van der Waals surface area (Å²) < 4.78 is 36.6. The molecular formula is C20H22O7S. The summed E-state index contributed by atoms with van der Waals surface area (Å²) in [6, 6.07) is 7.82. The summed E-state index contributed by atoms with van der Waals surface area (Å²) >= 11 is 0. The van der Waals surface area contributed by atoms with Crippen LogP contribution in [-0.4, -0.2) is 45.6 Å². The number of ether oxygens (including phenoxy) is 2. The number of ketones is 1. The maximum atomic E-state index is 13.4. The summed E-state index contributed by atoms with van der Waals surface area (Å²) in [5.74, 6) is -2.38. The van der Waals surface area contributed by atoms with Gasteiger partial charge in [-0.25, -0.2) is 8.42 Å². The zero-order valence-corrected chi connectivity index (χ0v) is 16.7. The molecule has 2 aliphatic carbocycles. The molecule has 1 saturated carbocycles. The summed E-state index contributed by atoms with van der Waals surface area (Å²) in [4.78, 5) is 37.7. The van der Waals surface area contributed by atoms with Crippen LogP contribution in [0, 0.1) is 11.3 Å². The van der Waals surface area contributed by atoms with E-state index in [1.165, 1.54) is 12.1 Å². The second-order valence-corrected chi connectivity index (χ2v) is 9.36. The molecule has 3 rings (SSSR count). The highest BCUT2D eigenvalue weighted by Gasteiger charge is 2.59. The molecule has 0 saturated heterocycles. The zero-order chi connectivity index (χ0) is 20.7. The Kier molecular flexibility index (Phi) is 5.18. The van der Waals surface area contributed by atoms with E-state index in [1.54, 1.807) is 25.1 Å². The van der Waals surface area contributed by atoms with Gasteiger partial charge in [-0.05, 0) is 49.0 Å². The third-order valence-corrected chi connectivity index (χ3v) is 7.90. The Hall–Kier alpha value is -2.48. The molecule has 2 atom stereocenters. The molecule has 0 spiro atoms. The number of fused-ring (bicyclic) bond motifs is 1. The van der Waals surface area contributed by atoms with Crippen LogP contribution in [0.25, 0.3) is 0 Å². The van der Waals surface area contributed by atoms with Crippen molar-refractivity contribution in [2.24, 2.45) is 11.3 Å². The van der Waals surface area contributed by atoms with E-state index >= 15 is 0 Å². The second-order valence-electron chi connectivity index (χ2n) is 7.22. The Balaban J connectivity index is 2.21. The molecule has 1 fully saturated rings. The molecule has 1 aromatic carbocycles. The minimum absolute atomic E-state index is 0.00836. The third-order valence-electron chi connectivity index (χ3n) is 5.80. The number of carbonyl (C=O) groups is 3. The van der Waals surface area contributed by atoms with Gasteiger partial charge in [0.25, 0.3) is 0 Å². The first kappa shape index (κ1) is 20.3. The van der Waals surface area contributed by atoms with Crippen molar-refractivity contribution < 1.29 is 32.3 Å². The highest BCUT2D eigenvalue weighted by Crippen LogP contribution is 2.52. The summed E-state index contributed by atoms with van der Waals surface area (Å²) in [6.07, 6.45) is -0.261. The average molecular weight is 406 g/mol. The molecule has 7 nitrogen and oxygen atoms in total. The number of esters is 2. The third kappa shape index (κ3) is 2.96. The molecule has 28 heavy (non-hydrogen) atoms. The number of carbonyl (C=O) groups excluding carboxylic acids is 3. The average Bonchev–Trinajstić information content (AvgIpc) is 2.99. The van der Waals surface area contributed by atoms with Gasteiger partial charge in [-0.1, -0.05) is 18.2 Å². The highest BCUT2D eigenvalue weighted by molar-refractivity contribution is 7.92. The molecule has 8 heteroatoms. The molecule has 0 radical (unpaired) electrons. The molecule has 0 aromatic heterocycles. The van der Waals surface area contributed by atoms with Crippen LogP contribution in [0.3, 0.4) is 0 Å². The van der Waals surface area contributed by atoms with Crippen molar-refractivity contribution in [1.82, 2.24) is 0 Å². The molecule has 0 amide bonds. The standard InChI is InChI=1S/C20H22O7S/c1-12-15(21)9-13-10-20(18(22)26-2,19(23)27-3)11-16(17(12)13)28(24,25)14-7-5-4-6-8-14/h4-8,13,16H,9-11H2,1-3H3/t13-,16?/m1/s1. The molecule has 1 unspecified atom stereocenters. The van der Waals surface area contributed by atoms with Crippen LogP contribution in [0.1, 0.15) is 26.2 Å². The van der Waals surface area contributed by atoms with Gasteiger partial charge in [-0.3, -0.25) is 14.4 Å². The Morgan fingerprint density at radius 3 is 2.14 bits per heavy atom. The second kappa shape index (κ2) is 7.16. The summed E-state index contributed by atoms with van der Waals surface area (Å²) in [6.45, 7) is 1.61. The number of sulfone groups is 1. The van der Waals surface area contributed by atoms with E-state index in [0.717, 1.165) is 14.2 Å². The van der Waals surface area contributed by atoms with E-state index < -0.39 is 38.4 Å². The summed E-state index contributed by atoms with van der Waals surface area (Å²) in [5.41, 5.74) is -0.871.